The lowest BCUT2D eigenvalue weighted by Crippen LogP contribution is -2.39. The zero-order valence-electron chi connectivity index (χ0n) is 8.54. The lowest BCUT2D eigenvalue weighted by atomic mass is 10.5. The Bertz CT molecular complexity index is 327. The Kier molecular flexibility index (Phi) is 5.69. The van der Waals surface area contributed by atoms with Gasteiger partial charge in [0.1, 0.15) is 0 Å². The number of nitrogens with one attached hydrogen (secondary N) is 1. The molecule has 16 heavy (non-hydrogen) atoms. The lowest BCUT2D eigenvalue weighted by Gasteiger charge is -2.24. The molecule has 0 aromatic rings. The molecule has 1 rings (SSSR count). The Labute approximate surface area is 101 Å². The van der Waals surface area contributed by atoms with Crippen molar-refractivity contribution in [2.24, 2.45) is 0 Å². The summed E-state index contributed by atoms with van der Waals surface area (Å²) in [5.41, 5.74) is 0. The summed E-state index contributed by atoms with van der Waals surface area (Å²) in [4.78, 5) is 10.7. The normalized spacial score (nSPS) is 18.1. The van der Waals surface area contributed by atoms with E-state index in [1.807, 2.05) is 0 Å². The van der Waals surface area contributed by atoms with E-state index in [4.69, 9.17) is 4.74 Å². The highest BCUT2D eigenvalue weighted by molar-refractivity contribution is 9.06. The molecule has 10 heteroatoms. The third-order valence-electron chi connectivity index (χ3n) is 1.72. The fourth-order valence-electron chi connectivity index (χ4n) is 0.949. The topological polar surface area (TPSA) is 84.9 Å². The summed E-state index contributed by atoms with van der Waals surface area (Å²) in [7, 11) is -0.935. The smallest absolute Gasteiger partial charge is 0.417 e. The van der Waals surface area contributed by atoms with Gasteiger partial charge in [0.25, 0.3) is 9.06 Å². The molecule has 0 aromatic carbocycles. The third-order valence-corrected chi connectivity index (χ3v) is 6.97. The second-order valence-corrected chi connectivity index (χ2v) is 7.99. The minimum atomic E-state index is -3.42. The largest absolute Gasteiger partial charge is 0.452 e. The van der Waals surface area contributed by atoms with Crippen LogP contribution in [0.15, 0.2) is 0 Å². The quantitative estimate of drug-likeness (QED) is 0.585. The maximum absolute atomic E-state index is 11.7. The number of hydrogen-bond donors (Lipinski definition) is 1. The molecule has 1 saturated heterocycles. The fourth-order valence-corrected chi connectivity index (χ4v) is 5.03. The van der Waals surface area contributed by atoms with Gasteiger partial charge >= 0.3 is 6.09 Å². The molecule has 7 nitrogen and oxygen atoms in total. The molecular weight excluding hydrogens is 276 g/mol. The van der Waals surface area contributed by atoms with Gasteiger partial charge in [0.2, 0.25) is 0 Å². The monoisotopic (exact) mass is 288 g/mol. The Morgan fingerprint density at radius 3 is 2.62 bits per heavy atom. The lowest BCUT2D eigenvalue weighted by molar-refractivity contribution is 0.0741. The van der Waals surface area contributed by atoms with Crippen LogP contribution in [0.25, 0.3) is 0 Å². The number of ether oxygens (including phenoxy) is 2. The molecule has 0 radical (unpaired) electrons. The van der Waals surface area contributed by atoms with E-state index in [1.54, 1.807) is 0 Å². The van der Waals surface area contributed by atoms with Crippen LogP contribution in [0.2, 0.25) is 0 Å². The first-order valence-corrected chi connectivity index (χ1v) is 8.44. The Morgan fingerprint density at radius 1 is 1.44 bits per heavy atom. The third kappa shape index (κ3) is 4.37. The SMILES string of the molecule is COC(=O)NSSS(=O)(=O)N1CCOCC1. The molecule has 1 aliphatic rings. The van der Waals surface area contributed by atoms with Gasteiger partial charge in [0.05, 0.1) is 30.1 Å². The second kappa shape index (κ2) is 6.55. The van der Waals surface area contributed by atoms with Gasteiger partial charge in [-0.3, -0.25) is 4.72 Å². The Balaban J connectivity index is 2.36. The molecule has 1 amide bonds. The highest BCUT2D eigenvalue weighted by Gasteiger charge is 2.25. The summed E-state index contributed by atoms with van der Waals surface area (Å²) in [6, 6.07) is 0. The van der Waals surface area contributed by atoms with Crippen molar-refractivity contribution >= 4 is 36.0 Å². The highest BCUT2D eigenvalue weighted by atomic mass is 33.5. The molecule has 1 N–H and O–H groups in total. The first-order valence-electron chi connectivity index (χ1n) is 4.33. The molecular formula is C6H12N2O5S3. The predicted molar refractivity (Wildman–Crippen MR) is 62.0 cm³/mol. The van der Waals surface area contributed by atoms with E-state index in [0.717, 1.165) is 0 Å². The Hall–Kier alpha value is -0.160. The van der Waals surface area contributed by atoms with Gasteiger partial charge in [-0.15, -0.1) is 0 Å². The van der Waals surface area contributed by atoms with Crippen LogP contribution in [0.4, 0.5) is 4.79 Å². The van der Waals surface area contributed by atoms with Crippen LogP contribution < -0.4 is 4.72 Å². The molecule has 0 saturated carbocycles. The van der Waals surface area contributed by atoms with Crippen molar-refractivity contribution in [2.75, 3.05) is 33.4 Å². The van der Waals surface area contributed by atoms with Gasteiger partial charge in [0.15, 0.2) is 0 Å². The van der Waals surface area contributed by atoms with Gasteiger partial charge < -0.3 is 9.47 Å². The van der Waals surface area contributed by atoms with Crippen molar-refractivity contribution in [3.8, 4) is 0 Å². The van der Waals surface area contributed by atoms with Crippen LogP contribution in [0, 0.1) is 0 Å². The molecule has 0 atom stereocenters. The van der Waals surface area contributed by atoms with Crippen molar-refractivity contribution in [3.63, 3.8) is 0 Å². The number of nitrogens with zero attached hydrogens (tertiary/aromatic N) is 1. The van der Waals surface area contributed by atoms with Gasteiger partial charge in [-0.1, -0.05) is 0 Å². The number of carbonyl (C=O) groups is 1. The standard InChI is InChI=1S/C6H12N2O5S3/c1-12-6(9)7-14-15-16(10,11)8-2-4-13-5-3-8/h2-5H2,1H3,(H,7,9). The van der Waals surface area contributed by atoms with Crippen LogP contribution in [-0.4, -0.2) is 52.2 Å². The summed E-state index contributed by atoms with van der Waals surface area (Å²) in [5.74, 6) is 0. The van der Waals surface area contributed by atoms with Crippen molar-refractivity contribution in [1.82, 2.24) is 9.03 Å². The van der Waals surface area contributed by atoms with E-state index < -0.39 is 15.1 Å². The van der Waals surface area contributed by atoms with Gasteiger partial charge in [-0.25, -0.2) is 4.79 Å². The van der Waals surface area contributed by atoms with Gasteiger partial charge in [-0.2, -0.15) is 12.7 Å². The molecule has 0 aromatic heterocycles. The molecule has 1 fully saturated rings. The van der Waals surface area contributed by atoms with Crippen LogP contribution >= 0.6 is 20.8 Å². The summed E-state index contributed by atoms with van der Waals surface area (Å²) in [5, 5.41) is 0. The average Bonchev–Trinajstić information content (AvgIpc) is 2.30. The van der Waals surface area contributed by atoms with Crippen molar-refractivity contribution in [1.29, 1.82) is 0 Å². The summed E-state index contributed by atoms with van der Waals surface area (Å²) in [6.45, 7) is 1.48. The molecule has 0 spiro atoms. The van der Waals surface area contributed by atoms with Crippen LogP contribution in [0.1, 0.15) is 0 Å². The van der Waals surface area contributed by atoms with E-state index in [-0.39, 0.29) is 0 Å². The van der Waals surface area contributed by atoms with Crippen molar-refractivity contribution in [3.05, 3.63) is 0 Å². The molecule has 0 aliphatic carbocycles. The fraction of sp³-hybridized carbons (Fsp3) is 0.833. The van der Waals surface area contributed by atoms with E-state index in [9.17, 15) is 13.2 Å². The van der Waals surface area contributed by atoms with Crippen molar-refractivity contribution in [2.45, 2.75) is 0 Å². The van der Waals surface area contributed by atoms with E-state index in [2.05, 4.69) is 9.46 Å². The predicted octanol–water partition coefficient (Wildman–Crippen LogP) is 0.216. The number of amides is 1. The number of carbonyl (C=O) groups excluding carboxylic acids is 1. The van der Waals surface area contributed by atoms with Crippen LogP contribution in [0.3, 0.4) is 0 Å². The maximum atomic E-state index is 11.7. The molecule has 1 heterocycles. The minimum absolute atomic E-state index is 0.341. The van der Waals surface area contributed by atoms with E-state index in [0.29, 0.717) is 47.1 Å². The van der Waals surface area contributed by atoms with Gasteiger partial charge in [0, 0.05) is 24.1 Å². The molecule has 94 valence electrons. The van der Waals surface area contributed by atoms with Crippen LogP contribution in [0.5, 0.6) is 0 Å². The maximum Gasteiger partial charge on any atom is 0.417 e. The first-order chi connectivity index (χ1) is 7.56. The summed E-state index contributed by atoms with van der Waals surface area (Å²) in [6.07, 6.45) is -0.685. The number of hydrogen-bond acceptors (Lipinski definition) is 7. The number of rotatable bonds is 4. The minimum Gasteiger partial charge on any atom is -0.452 e. The average molecular weight is 288 g/mol. The molecule has 0 bridgehead atoms. The van der Waals surface area contributed by atoms with E-state index in [1.165, 1.54) is 11.4 Å². The Morgan fingerprint density at radius 2 is 2.06 bits per heavy atom. The number of morpholine rings is 1. The van der Waals surface area contributed by atoms with Crippen molar-refractivity contribution < 1.29 is 22.7 Å². The molecule has 0 unspecified atom stereocenters. The first kappa shape index (κ1) is 13.9. The van der Waals surface area contributed by atoms with Gasteiger partial charge in [-0.05, 0) is 0 Å². The van der Waals surface area contributed by atoms with Crippen LogP contribution in [-0.2, 0) is 18.5 Å². The highest BCUT2D eigenvalue weighted by Crippen LogP contribution is 2.28. The number of methoxy groups -OCH3 is 1. The summed E-state index contributed by atoms with van der Waals surface area (Å²) < 4.78 is 36.2. The van der Waals surface area contributed by atoms with E-state index >= 15 is 0 Å². The zero-order chi connectivity index (χ0) is 12.0. The zero-order valence-corrected chi connectivity index (χ0v) is 11.0. The molecule has 1 aliphatic heterocycles. The second-order valence-electron chi connectivity index (χ2n) is 2.71. The summed E-state index contributed by atoms with van der Waals surface area (Å²) >= 11 is 0.